The Bertz CT molecular complexity index is 557. The van der Waals surface area contributed by atoms with E-state index in [2.05, 4.69) is 15.3 Å². The first kappa shape index (κ1) is 11.5. The van der Waals surface area contributed by atoms with Crippen molar-refractivity contribution in [2.45, 2.75) is 6.92 Å². The van der Waals surface area contributed by atoms with Crippen molar-refractivity contribution in [1.29, 1.82) is 0 Å². The van der Waals surface area contributed by atoms with E-state index in [-0.39, 0.29) is 5.91 Å². The van der Waals surface area contributed by atoms with E-state index in [1.165, 1.54) is 12.4 Å². The van der Waals surface area contributed by atoms with E-state index in [4.69, 9.17) is 11.6 Å². The van der Waals surface area contributed by atoms with Gasteiger partial charge in [-0.3, -0.25) is 14.8 Å². The van der Waals surface area contributed by atoms with Crippen LogP contribution in [0.3, 0.4) is 0 Å². The number of amides is 1. The third kappa shape index (κ3) is 2.79. The van der Waals surface area contributed by atoms with E-state index in [0.717, 1.165) is 5.69 Å². The minimum absolute atomic E-state index is 0.284. The molecule has 5 heteroatoms. The summed E-state index contributed by atoms with van der Waals surface area (Å²) in [6.07, 6.45) is 4.61. The average molecular weight is 248 g/mol. The van der Waals surface area contributed by atoms with Gasteiger partial charge in [0, 0.05) is 30.0 Å². The lowest BCUT2D eigenvalue weighted by molar-refractivity contribution is 0.102. The van der Waals surface area contributed by atoms with Gasteiger partial charge in [-0.05, 0) is 25.1 Å². The van der Waals surface area contributed by atoms with Gasteiger partial charge in [0.15, 0.2) is 0 Å². The first-order valence-corrected chi connectivity index (χ1v) is 5.38. The van der Waals surface area contributed by atoms with Crippen LogP contribution in [-0.2, 0) is 0 Å². The topological polar surface area (TPSA) is 54.9 Å². The molecular formula is C12H10ClN3O. The molecule has 0 saturated heterocycles. The molecule has 0 spiro atoms. The standard InChI is InChI=1S/C12H10ClN3O/c1-8-6-9(2-5-15-8)16-12(17)10-7-14-4-3-11(10)13/h2-7H,1H3,(H,15,16,17). The van der Waals surface area contributed by atoms with Crippen LogP contribution in [0, 0.1) is 6.92 Å². The highest BCUT2D eigenvalue weighted by Crippen LogP contribution is 2.16. The number of aryl methyl sites for hydroxylation is 1. The molecule has 0 aliphatic heterocycles. The first-order valence-electron chi connectivity index (χ1n) is 5.00. The fourth-order valence-corrected chi connectivity index (χ4v) is 1.56. The highest BCUT2D eigenvalue weighted by molar-refractivity contribution is 6.34. The second-order valence-electron chi connectivity index (χ2n) is 3.50. The van der Waals surface area contributed by atoms with Crippen molar-refractivity contribution in [3.8, 4) is 0 Å². The van der Waals surface area contributed by atoms with Crippen molar-refractivity contribution in [3.05, 3.63) is 53.1 Å². The highest BCUT2D eigenvalue weighted by atomic mass is 35.5. The fraction of sp³-hybridized carbons (Fsp3) is 0.0833. The number of carbonyl (C=O) groups excluding carboxylic acids is 1. The van der Waals surface area contributed by atoms with Gasteiger partial charge < -0.3 is 5.32 Å². The molecule has 17 heavy (non-hydrogen) atoms. The lowest BCUT2D eigenvalue weighted by Crippen LogP contribution is -2.12. The van der Waals surface area contributed by atoms with Crippen LogP contribution in [0.2, 0.25) is 5.02 Å². The summed E-state index contributed by atoms with van der Waals surface area (Å²) in [5, 5.41) is 3.11. The van der Waals surface area contributed by atoms with Crippen molar-refractivity contribution in [3.63, 3.8) is 0 Å². The van der Waals surface area contributed by atoms with Crippen LogP contribution >= 0.6 is 11.6 Å². The third-order valence-electron chi connectivity index (χ3n) is 2.17. The SMILES string of the molecule is Cc1cc(NC(=O)c2cnccc2Cl)ccn1. The number of aromatic nitrogens is 2. The largest absolute Gasteiger partial charge is 0.322 e. The molecule has 2 aromatic heterocycles. The van der Waals surface area contributed by atoms with Gasteiger partial charge in [0.2, 0.25) is 0 Å². The molecule has 2 rings (SSSR count). The molecule has 86 valence electrons. The molecule has 0 aromatic carbocycles. The van der Waals surface area contributed by atoms with Crippen molar-refractivity contribution < 1.29 is 4.79 Å². The van der Waals surface area contributed by atoms with E-state index >= 15 is 0 Å². The van der Waals surface area contributed by atoms with Crippen LogP contribution in [0.25, 0.3) is 0 Å². The van der Waals surface area contributed by atoms with Crippen LogP contribution < -0.4 is 5.32 Å². The summed E-state index contributed by atoms with van der Waals surface area (Å²) in [5.41, 5.74) is 1.87. The zero-order valence-electron chi connectivity index (χ0n) is 9.14. The highest BCUT2D eigenvalue weighted by Gasteiger charge is 2.10. The number of hydrogen-bond acceptors (Lipinski definition) is 3. The molecule has 0 bridgehead atoms. The van der Waals surface area contributed by atoms with Crippen molar-refractivity contribution >= 4 is 23.2 Å². The number of nitrogens with one attached hydrogen (secondary N) is 1. The summed E-state index contributed by atoms with van der Waals surface area (Å²) in [6, 6.07) is 5.08. The van der Waals surface area contributed by atoms with Crippen molar-refractivity contribution in [2.24, 2.45) is 0 Å². The van der Waals surface area contributed by atoms with Crippen LogP contribution in [-0.4, -0.2) is 15.9 Å². The van der Waals surface area contributed by atoms with Crippen molar-refractivity contribution in [2.75, 3.05) is 5.32 Å². The fourth-order valence-electron chi connectivity index (χ4n) is 1.37. The van der Waals surface area contributed by atoms with E-state index in [9.17, 15) is 4.79 Å². The molecule has 2 aromatic rings. The molecule has 0 aliphatic carbocycles. The quantitative estimate of drug-likeness (QED) is 0.888. The van der Waals surface area contributed by atoms with E-state index in [1.54, 1.807) is 24.4 Å². The number of hydrogen-bond donors (Lipinski definition) is 1. The van der Waals surface area contributed by atoms with Crippen LogP contribution in [0.4, 0.5) is 5.69 Å². The molecule has 4 nitrogen and oxygen atoms in total. The minimum atomic E-state index is -0.284. The normalized spacial score (nSPS) is 10.0. The third-order valence-corrected chi connectivity index (χ3v) is 2.50. The number of pyridine rings is 2. The zero-order valence-corrected chi connectivity index (χ0v) is 9.90. The molecular weight excluding hydrogens is 238 g/mol. The maximum atomic E-state index is 11.9. The maximum Gasteiger partial charge on any atom is 0.258 e. The van der Waals surface area contributed by atoms with E-state index < -0.39 is 0 Å². The second kappa shape index (κ2) is 4.93. The minimum Gasteiger partial charge on any atom is -0.322 e. The van der Waals surface area contributed by atoms with Crippen LogP contribution in [0.15, 0.2) is 36.8 Å². The molecule has 0 radical (unpaired) electrons. The van der Waals surface area contributed by atoms with E-state index in [1.807, 2.05) is 6.92 Å². The van der Waals surface area contributed by atoms with Gasteiger partial charge in [0.1, 0.15) is 0 Å². The number of carbonyl (C=O) groups is 1. The summed E-state index contributed by atoms with van der Waals surface area (Å²) < 4.78 is 0. The predicted octanol–water partition coefficient (Wildman–Crippen LogP) is 2.69. The Hall–Kier alpha value is -1.94. The summed E-state index contributed by atoms with van der Waals surface area (Å²) in [4.78, 5) is 19.8. The lowest BCUT2D eigenvalue weighted by atomic mass is 10.2. The molecule has 0 atom stereocenters. The molecule has 1 N–H and O–H groups in total. The Balaban J connectivity index is 2.20. The summed E-state index contributed by atoms with van der Waals surface area (Å²) in [5.74, 6) is -0.284. The molecule has 0 saturated carbocycles. The molecule has 0 fully saturated rings. The van der Waals surface area contributed by atoms with Crippen molar-refractivity contribution in [1.82, 2.24) is 9.97 Å². The Morgan fingerprint density at radius 3 is 2.88 bits per heavy atom. The van der Waals surface area contributed by atoms with Crippen LogP contribution in [0.5, 0.6) is 0 Å². The molecule has 1 amide bonds. The Morgan fingerprint density at radius 2 is 2.18 bits per heavy atom. The van der Waals surface area contributed by atoms with Gasteiger partial charge in [0.25, 0.3) is 5.91 Å². The average Bonchev–Trinajstić information content (AvgIpc) is 2.29. The zero-order chi connectivity index (χ0) is 12.3. The van der Waals surface area contributed by atoms with Gasteiger partial charge in [-0.25, -0.2) is 0 Å². The lowest BCUT2D eigenvalue weighted by Gasteiger charge is -2.06. The van der Waals surface area contributed by atoms with E-state index in [0.29, 0.717) is 16.3 Å². The summed E-state index contributed by atoms with van der Waals surface area (Å²) >= 11 is 5.90. The van der Waals surface area contributed by atoms with Gasteiger partial charge in [-0.15, -0.1) is 0 Å². The molecule has 0 aliphatic rings. The number of anilines is 1. The van der Waals surface area contributed by atoms with Gasteiger partial charge in [0.05, 0.1) is 10.6 Å². The Kier molecular flexibility index (Phi) is 3.35. The smallest absolute Gasteiger partial charge is 0.258 e. The summed E-state index contributed by atoms with van der Waals surface area (Å²) in [7, 11) is 0. The van der Waals surface area contributed by atoms with Gasteiger partial charge in [-0.2, -0.15) is 0 Å². The second-order valence-corrected chi connectivity index (χ2v) is 3.90. The van der Waals surface area contributed by atoms with Gasteiger partial charge in [-0.1, -0.05) is 11.6 Å². The number of rotatable bonds is 2. The van der Waals surface area contributed by atoms with Gasteiger partial charge >= 0.3 is 0 Å². The Morgan fingerprint density at radius 1 is 1.35 bits per heavy atom. The summed E-state index contributed by atoms with van der Waals surface area (Å²) in [6.45, 7) is 1.85. The predicted molar refractivity (Wildman–Crippen MR) is 66.2 cm³/mol. The number of halogens is 1. The molecule has 2 heterocycles. The number of nitrogens with zero attached hydrogens (tertiary/aromatic N) is 2. The maximum absolute atomic E-state index is 11.9. The molecule has 0 unspecified atom stereocenters. The first-order chi connectivity index (χ1) is 8.16. The van der Waals surface area contributed by atoms with Crippen LogP contribution in [0.1, 0.15) is 16.1 Å². The Labute approximate surface area is 104 Å². The monoisotopic (exact) mass is 247 g/mol.